The zero-order valence-corrected chi connectivity index (χ0v) is 9.47. The average Bonchev–Trinajstić information content (AvgIpc) is 2.75. The number of piperidine rings is 1. The topological polar surface area (TPSA) is 68.5 Å². The second kappa shape index (κ2) is 4.51. The van der Waals surface area contributed by atoms with Crippen molar-refractivity contribution in [3.05, 3.63) is 11.8 Å². The van der Waals surface area contributed by atoms with E-state index in [0.717, 1.165) is 12.8 Å². The molecule has 0 N–H and O–H groups in total. The number of methoxy groups -OCH3 is 1. The smallest absolute Gasteiger partial charge is 0.409 e. The maximum Gasteiger partial charge on any atom is 0.409 e. The molecule has 0 spiro atoms. The van der Waals surface area contributed by atoms with Gasteiger partial charge in [0.1, 0.15) is 0 Å². The van der Waals surface area contributed by atoms with Gasteiger partial charge < -0.3 is 14.1 Å². The molecule has 1 aliphatic heterocycles. The molecule has 0 aromatic carbocycles. The van der Waals surface area contributed by atoms with Crippen molar-refractivity contribution < 1.29 is 13.9 Å². The highest BCUT2D eigenvalue weighted by Gasteiger charge is 2.27. The molecule has 16 heavy (non-hydrogen) atoms. The van der Waals surface area contributed by atoms with Crippen LogP contribution in [0.2, 0.25) is 0 Å². The minimum Gasteiger partial charge on any atom is -0.453 e. The summed E-state index contributed by atoms with van der Waals surface area (Å²) in [4.78, 5) is 13.0. The Balaban J connectivity index is 1.92. The Kier molecular flexibility index (Phi) is 3.07. The highest BCUT2D eigenvalue weighted by molar-refractivity contribution is 5.67. The van der Waals surface area contributed by atoms with Crippen LogP contribution in [0.4, 0.5) is 4.79 Å². The van der Waals surface area contributed by atoms with Crippen LogP contribution in [0.3, 0.4) is 0 Å². The SMILES string of the molecule is COC(=O)N1CCC(c2nnc(C)o2)CC1. The average molecular weight is 225 g/mol. The molecule has 0 saturated carbocycles. The molecule has 1 aromatic rings. The van der Waals surface area contributed by atoms with E-state index in [9.17, 15) is 4.79 Å². The lowest BCUT2D eigenvalue weighted by Crippen LogP contribution is -2.37. The molecule has 1 amide bonds. The number of carbonyl (C=O) groups is 1. The standard InChI is InChI=1S/C10H15N3O3/c1-7-11-12-9(16-7)8-3-5-13(6-4-8)10(14)15-2/h8H,3-6H2,1-2H3. The fourth-order valence-corrected chi connectivity index (χ4v) is 1.91. The van der Waals surface area contributed by atoms with Gasteiger partial charge in [0.15, 0.2) is 0 Å². The van der Waals surface area contributed by atoms with Gasteiger partial charge in [0.2, 0.25) is 11.8 Å². The Morgan fingerprint density at radius 1 is 1.44 bits per heavy atom. The molecule has 0 radical (unpaired) electrons. The minimum atomic E-state index is -0.264. The van der Waals surface area contributed by atoms with Gasteiger partial charge in [-0.1, -0.05) is 0 Å². The van der Waals surface area contributed by atoms with Crippen molar-refractivity contribution in [2.75, 3.05) is 20.2 Å². The number of hydrogen-bond donors (Lipinski definition) is 0. The fourth-order valence-electron chi connectivity index (χ4n) is 1.91. The molecule has 2 heterocycles. The van der Waals surface area contributed by atoms with E-state index in [0.29, 0.717) is 24.9 Å². The van der Waals surface area contributed by atoms with Crippen LogP contribution in [0.5, 0.6) is 0 Å². The fraction of sp³-hybridized carbons (Fsp3) is 0.700. The van der Waals surface area contributed by atoms with Gasteiger partial charge in [0.05, 0.1) is 7.11 Å². The summed E-state index contributed by atoms with van der Waals surface area (Å²) in [7, 11) is 1.40. The number of nitrogens with zero attached hydrogens (tertiary/aromatic N) is 3. The van der Waals surface area contributed by atoms with Gasteiger partial charge in [0.25, 0.3) is 0 Å². The maximum absolute atomic E-state index is 11.3. The molecule has 1 aliphatic rings. The van der Waals surface area contributed by atoms with Crippen LogP contribution in [0.15, 0.2) is 4.42 Å². The zero-order valence-electron chi connectivity index (χ0n) is 9.47. The van der Waals surface area contributed by atoms with E-state index in [-0.39, 0.29) is 12.0 Å². The van der Waals surface area contributed by atoms with Crippen molar-refractivity contribution in [2.24, 2.45) is 0 Å². The molecule has 2 rings (SSSR count). The third-order valence-corrected chi connectivity index (χ3v) is 2.82. The van der Waals surface area contributed by atoms with Gasteiger partial charge in [-0.2, -0.15) is 0 Å². The van der Waals surface area contributed by atoms with Crippen LogP contribution >= 0.6 is 0 Å². The van der Waals surface area contributed by atoms with Gasteiger partial charge in [0, 0.05) is 25.9 Å². The number of hydrogen-bond acceptors (Lipinski definition) is 5. The first kappa shape index (κ1) is 10.9. The van der Waals surface area contributed by atoms with Crippen molar-refractivity contribution in [1.29, 1.82) is 0 Å². The Bertz CT molecular complexity index is 369. The summed E-state index contributed by atoms with van der Waals surface area (Å²) >= 11 is 0. The number of amides is 1. The molecule has 1 saturated heterocycles. The number of aromatic nitrogens is 2. The van der Waals surface area contributed by atoms with Crippen molar-refractivity contribution in [3.63, 3.8) is 0 Å². The lowest BCUT2D eigenvalue weighted by atomic mass is 9.97. The molecule has 0 unspecified atom stereocenters. The van der Waals surface area contributed by atoms with Gasteiger partial charge in [-0.3, -0.25) is 0 Å². The first-order chi connectivity index (χ1) is 7.70. The van der Waals surface area contributed by atoms with Crippen LogP contribution in [0.25, 0.3) is 0 Å². The highest BCUT2D eigenvalue weighted by atomic mass is 16.5. The first-order valence-corrected chi connectivity index (χ1v) is 5.33. The normalized spacial score (nSPS) is 17.5. The largest absolute Gasteiger partial charge is 0.453 e. The van der Waals surface area contributed by atoms with Gasteiger partial charge in [-0.05, 0) is 12.8 Å². The summed E-state index contributed by atoms with van der Waals surface area (Å²) in [6.07, 6.45) is 1.42. The predicted octanol–water partition coefficient (Wildman–Crippen LogP) is 1.32. The number of likely N-dealkylation sites (tertiary alicyclic amines) is 1. The van der Waals surface area contributed by atoms with E-state index >= 15 is 0 Å². The lowest BCUT2D eigenvalue weighted by Gasteiger charge is -2.29. The van der Waals surface area contributed by atoms with E-state index in [1.165, 1.54) is 7.11 Å². The van der Waals surface area contributed by atoms with E-state index in [2.05, 4.69) is 14.9 Å². The van der Waals surface area contributed by atoms with E-state index in [1.807, 2.05) is 0 Å². The number of rotatable bonds is 1. The van der Waals surface area contributed by atoms with Gasteiger partial charge in [-0.15, -0.1) is 10.2 Å². The second-order valence-corrected chi connectivity index (χ2v) is 3.89. The second-order valence-electron chi connectivity index (χ2n) is 3.89. The van der Waals surface area contributed by atoms with Crippen LogP contribution in [-0.4, -0.2) is 41.4 Å². The van der Waals surface area contributed by atoms with Crippen molar-refractivity contribution in [2.45, 2.75) is 25.7 Å². The molecule has 0 atom stereocenters. The van der Waals surface area contributed by atoms with Crippen molar-refractivity contribution in [1.82, 2.24) is 15.1 Å². The predicted molar refractivity (Wildman–Crippen MR) is 55.0 cm³/mol. The number of carbonyl (C=O) groups excluding carboxylic acids is 1. The zero-order chi connectivity index (χ0) is 11.5. The summed E-state index contributed by atoms with van der Waals surface area (Å²) in [5.41, 5.74) is 0. The van der Waals surface area contributed by atoms with E-state index in [4.69, 9.17) is 4.42 Å². The quantitative estimate of drug-likeness (QED) is 0.721. The van der Waals surface area contributed by atoms with E-state index < -0.39 is 0 Å². The Morgan fingerprint density at radius 3 is 2.62 bits per heavy atom. The highest BCUT2D eigenvalue weighted by Crippen LogP contribution is 2.26. The molecule has 1 fully saturated rings. The Hall–Kier alpha value is -1.59. The van der Waals surface area contributed by atoms with Crippen LogP contribution in [0, 0.1) is 6.92 Å². The summed E-state index contributed by atoms with van der Waals surface area (Å²) in [5, 5.41) is 7.82. The summed E-state index contributed by atoms with van der Waals surface area (Å²) in [6, 6.07) is 0. The molecule has 0 aliphatic carbocycles. The lowest BCUT2D eigenvalue weighted by molar-refractivity contribution is 0.110. The monoisotopic (exact) mass is 225 g/mol. The first-order valence-electron chi connectivity index (χ1n) is 5.33. The van der Waals surface area contributed by atoms with E-state index in [1.54, 1.807) is 11.8 Å². The number of ether oxygens (including phenoxy) is 1. The van der Waals surface area contributed by atoms with Crippen LogP contribution < -0.4 is 0 Å². The molecular formula is C10H15N3O3. The van der Waals surface area contributed by atoms with Crippen molar-refractivity contribution in [3.8, 4) is 0 Å². The molecule has 1 aromatic heterocycles. The van der Waals surface area contributed by atoms with Crippen LogP contribution in [0.1, 0.15) is 30.5 Å². The summed E-state index contributed by atoms with van der Waals surface area (Å²) in [5.74, 6) is 1.54. The third-order valence-electron chi connectivity index (χ3n) is 2.82. The minimum absolute atomic E-state index is 0.264. The summed E-state index contributed by atoms with van der Waals surface area (Å²) < 4.78 is 10.1. The Labute approximate surface area is 93.6 Å². The summed E-state index contributed by atoms with van der Waals surface area (Å²) in [6.45, 7) is 3.14. The maximum atomic E-state index is 11.3. The molecule has 88 valence electrons. The molecule has 6 heteroatoms. The Morgan fingerprint density at radius 2 is 2.12 bits per heavy atom. The molecule has 6 nitrogen and oxygen atoms in total. The van der Waals surface area contributed by atoms with Crippen molar-refractivity contribution >= 4 is 6.09 Å². The molecule has 0 bridgehead atoms. The number of aryl methyl sites for hydroxylation is 1. The van der Waals surface area contributed by atoms with Crippen LogP contribution in [-0.2, 0) is 4.74 Å². The molecular weight excluding hydrogens is 210 g/mol. The third kappa shape index (κ3) is 2.15. The van der Waals surface area contributed by atoms with Gasteiger partial charge in [-0.25, -0.2) is 4.79 Å². The van der Waals surface area contributed by atoms with Gasteiger partial charge >= 0.3 is 6.09 Å².